The lowest BCUT2D eigenvalue weighted by molar-refractivity contribution is -0.147. The van der Waals surface area contributed by atoms with Crippen molar-refractivity contribution in [3.05, 3.63) is 0 Å². The lowest BCUT2D eigenvalue weighted by Crippen LogP contribution is -2.53. The summed E-state index contributed by atoms with van der Waals surface area (Å²) in [6.45, 7) is 5.07. The molecule has 2 aliphatic rings. The summed E-state index contributed by atoms with van der Waals surface area (Å²) >= 11 is 0. The first-order valence-electron chi connectivity index (χ1n) is 9.10. The van der Waals surface area contributed by atoms with E-state index in [9.17, 15) is 14.4 Å². The van der Waals surface area contributed by atoms with E-state index in [2.05, 4.69) is 17.3 Å². The highest BCUT2D eigenvalue weighted by Gasteiger charge is 2.30. The molecule has 8 heteroatoms. The number of piperidine rings is 2. The van der Waals surface area contributed by atoms with E-state index >= 15 is 0 Å². The number of hydrogen-bond donors (Lipinski definition) is 1. The number of carbonyl (C=O) groups excluding carboxylic acids is 3. The Bertz CT molecular complexity index is 483. The molecule has 2 fully saturated rings. The summed E-state index contributed by atoms with van der Waals surface area (Å²) in [5, 5.41) is 2.82. The highest BCUT2D eigenvalue weighted by molar-refractivity contribution is 6.35. The zero-order chi connectivity index (χ0) is 18.4. The molecule has 0 radical (unpaired) electrons. The van der Waals surface area contributed by atoms with Gasteiger partial charge in [0.05, 0.1) is 6.61 Å². The van der Waals surface area contributed by atoms with Crippen molar-refractivity contribution in [3.63, 3.8) is 0 Å². The predicted molar refractivity (Wildman–Crippen MR) is 93.0 cm³/mol. The minimum Gasteiger partial charge on any atom is -0.450 e. The van der Waals surface area contributed by atoms with Crippen LogP contribution < -0.4 is 5.32 Å². The lowest BCUT2D eigenvalue weighted by atomic mass is 10.0. The number of ether oxygens (including phenoxy) is 1. The molecule has 142 valence electrons. The maximum Gasteiger partial charge on any atom is 0.409 e. The maximum atomic E-state index is 12.4. The van der Waals surface area contributed by atoms with Crippen LogP contribution in [0.1, 0.15) is 32.6 Å². The molecular formula is C17H30N4O4. The molecule has 0 saturated carbocycles. The van der Waals surface area contributed by atoms with Gasteiger partial charge in [-0.25, -0.2) is 4.79 Å². The zero-order valence-corrected chi connectivity index (χ0v) is 15.5. The van der Waals surface area contributed by atoms with Gasteiger partial charge >= 0.3 is 17.9 Å². The Morgan fingerprint density at radius 1 is 1.08 bits per heavy atom. The van der Waals surface area contributed by atoms with E-state index in [-0.39, 0.29) is 18.2 Å². The third kappa shape index (κ3) is 5.32. The van der Waals surface area contributed by atoms with Crippen LogP contribution >= 0.6 is 0 Å². The van der Waals surface area contributed by atoms with Crippen LogP contribution in [0.4, 0.5) is 4.79 Å². The molecule has 2 heterocycles. The molecule has 0 bridgehead atoms. The summed E-state index contributed by atoms with van der Waals surface area (Å²) < 4.78 is 4.98. The monoisotopic (exact) mass is 354 g/mol. The second-order valence-corrected chi connectivity index (χ2v) is 6.88. The topological polar surface area (TPSA) is 82.2 Å². The quantitative estimate of drug-likeness (QED) is 0.736. The van der Waals surface area contributed by atoms with Crippen molar-refractivity contribution in [1.82, 2.24) is 20.0 Å². The Balaban J connectivity index is 1.76. The molecule has 0 aliphatic carbocycles. The van der Waals surface area contributed by atoms with Crippen molar-refractivity contribution in [2.45, 2.75) is 44.7 Å². The first kappa shape index (κ1) is 19.5. The molecule has 0 aromatic rings. The van der Waals surface area contributed by atoms with E-state index in [1.807, 2.05) is 0 Å². The van der Waals surface area contributed by atoms with Crippen molar-refractivity contribution in [3.8, 4) is 0 Å². The molecule has 0 aromatic heterocycles. The molecule has 1 N–H and O–H groups in total. The van der Waals surface area contributed by atoms with Gasteiger partial charge in [0, 0.05) is 32.2 Å². The summed E-state index contributed by atoms with van der Waals surface area (Å²) in [5.41, 5.74) is 0. The largest absolute Gasteiger partial charge is 0.450 e. The number of hydrogen-bond acceptors (Lipinski definition) is 5. The van der Waals surface area contributed by atoms with Gasteiger partial charge in [0.15, 0.2) is 0 Å². The highest BCUT2D eigenvalue weighted by atomic mass is 16.6. The van der Waals surface area contributed by atoms with Crippen molar-refractivity contribution >= 4 is 17.9 Å². The van der Waals surface area contributed by atoms with E-state index in [0.29, 0.717) is 32.5 Å². The van der Waals surface area contributed by atoms with Crippen LogP contribution in [0.25, 0.3) is 0 Å². The lowest BCUT2D eigenvalue weighted by Gasteiger charge is -2.35. The van der Waals surface area contributed by atoms with Gasteiger partial charge in [0.1, 0.15) is 0 Å². The van der Waals surface area contributed by atoms with Gasteiger partial charge in [-0.3, -0.25) is 9.59 Å². The summed E-state index contributed by atoms with van der Waals surface area (Å²) in [6, 6.07) is 0.0492. The fraction of sp³-hybridized carbons (Fsp3) is 0.824. The summed E-state index contributed by atoms with van der Waals surface area (Å²) in [6.07, 6.45) is 2.74. The molecule has 25 heavy (non-hydrogen) atoms. The summed E-state index contributed by atoms with van der Waals surface area (Å²) in [7, 11) is 3.77. The highest BCUT2D eigenvalue weighted by Crippen LogP contribution is 2.15. The minimum atomic E-state index is -0.545. The van der Waals surface area contributed by atoms with Gasteiger partial charge in [0.25, 0.3) is 0 Å². The van der Waals surface area contributed by atoms with Crippen LogP contribution in [-0.2, 0) is 14.3 Å². The van der Waals surface area contributed by atoms with Crippen LogP contribution in [0.3, 0.4) is 0 Å². The van der Waals surface area contributed by atoms with Gasteiger partial charge in [-0.2, -0.15) is 0 Å². The average Bonchev–Trinajstić information content (AvgIpc) is 2.62. The Hall–Kier alpha value is -1.83. The molecule has 3 amide bonds. The normalized spacial score (nSPS) is 20.2. The molecule has 8 nitrogen and oxygen atoms in total. The maximum absolute atomic E-state index is 12.4. The third-order valence-corrected chi connectivity index (χ3v) is 5.11. The van der Waals surface area contributed by atoms with Gasteiger partial charge in [0.2, 0.25) is 0 Å². The Labute approximate surface area is 149 Å². The number of rotatable bonds is 3. The van der Waals surface area contributed by atoms with E-state index in [1.54, 1.807) is 23.8 Å². The first-order valence-corrected chi connectivity index (χ1v) is 9.10. The molecule has 2 rings (SSSR count). The second-order valence-electron chi connectivity index (χ2n) is 6.88. The van der Waals surface area contributed by atoms with Crippen molar-refractivity contribution in [2.75, 3.05) is 46.9 Å². The number of nitrogens with zero attached hydrogens (tertiary/aromatic N) is 3. The van der Waals surface area contributed by atoms with Crippen LogP contribution in [0.5, 0.6) is 0 Å². The fourth-order valence-corrected chi connectivity index (χ4v) is 3.38. The molecule has 2 aliphatic heterocycles. The number of likely N-dealkylation sites (tertiary alicyclic amines) is 2. The second kappa shape index (κ2) is 9.03. The smallest absolute Gasteiger partial charge is 0.409 e. The predicted octanol–water partition coefficient (Wildman–Crippen LogP) is 0.276. The van der Waals surface area contributed by atoms with Gasteiger partial charge in [-0.15, -0.1) is 0 Å². The van der Waals surface area contributed by atoms with Crippen LogP contribution in [0.2, 0.25) is 0 Å². The summed E-state index contributed by atoms with van der Waals surface area (Å²) in [4.78, 5) is 41.8. The van der Waals surface area contributed by atoms with Crippen molar-refractivity contribution in [2.24, 2.45) is 0 Å². The molecular weight excluding hydrogens is 324 g/mol. The number of nitrogens with one attached hydrogen (secondary N) is 1. The van der Waals surface area contributed by atoms with E-state index in [1.165, 1.54) is 0 Å². The van der Waals surface area contributed by atoms with Crippen LogP contribution in [0.15, 0.2) is 0 Å². The Morgan fingerprint density at radius 2 is 1.68 bits per heavy atom. The Kier molecular flexibility index (Phi) is 7.04. The van der Waals surface area contributed by atoms with E-state index < -0.39 is 11.8 Å². The zero-order valence-electron chi connectivity index (χ0n) is 15.5. The molecule has 0 unspecified atom stereocenters. The van der Waals surface area contributed by atoms with E-state index in [0.717, 1.165) is 25.9 Å². The average molecular weight is 354 g/mol. The van der Waals surface area contributed by atoms with Gasteiger partial charge in [-0.1, -0.05) is 0 Å². The van der Waals surface area contributed by atoms with Crippen molar-refractivity contribution in [1.29, 1.82) is 0 Å². The Morgan fingerprint density at radius 3 is 2.24 bits per heavy atom. The van der Waals surface area contributed by atoms with Crippen LogP contribution in [0, 0.1) is 0 Å². The minimum absolute atomic E-state index is 0.0759. The number of likely N-dealkylation sites (N-methyl/N-ethyl adjacent to an activating group) is 1. The van der Waals surface area contributed by atoms with E-state index in [4.69, 9.17) is 4.74 Å². The van der Waals surface area contributed by atoms with Crippen LogP contribution in [-0.4, -0.2) is 91.6 Å². The van der Waals surface area contributed by atoms with Gasteiger partial charge in [-0.05, 0) is 52.7 Å². The van der Waals surface area contributed by atoms with Crippen molar-refractivity contribution < 1.29 is 19.1 Å². The summed E-state index contributed by atoms with van der Waals surface area (Å²) in [5.74, 6) is -1.02. The molecule has 0 spiro atoms. The fourth-order valence-electron chi connectivity index (χ4n) is 3.38. The van der Waals surface area contributed by atoms with Gasteiger partial charge < -0.3 is 24.8 Å². The molecule has 2 saturated heterocycles. The first-order chi connectivity index (χ1) is 11.9. The third-order valence-electron chi connectivity index (χ3n) is 5.11. The standard InChI is InChI=1S/C17H30N4O4/c1-4-25-17(24)21-11-5-13(6-12-21)18-15(22)16(23)20(3)14-7-9-19(2)10-8-14/h13-14H,4-12H2,1-3H3,(H,18,22). The SMILES string of the molecule is CCOC(=O)N1CCC(NC(=O)C(=O)N(C)C2CCN(C)CC2)CC1. The molecule has 0 atom stereocenters. The molecule has 0 aromatic carbocycles. The number of carbonyl (C=O) groups is 3. The number of amides is 3.